The Hall–Kier alpha value is -0.0400. The van der Waals surface area contributed by atoms with Crippen molar-refractivity contribution in [3.8, 4) is 0 Å². The highest BCUT2D eigenvalue weighted by Gasteiger charge is 2.34. The lowest BCUT2D eigenvalue weighted by atomic mass is 9.74. The second-order valence-corrected chi connectivity index (χ2v) is 6.29. The molecule has 0 unspecified atom stereocenters. The van der Waals surface area contributed by atoms with E-state index in [1.165, 1.54) is 64.2 Å². The van der Waals surface area contributed by atoms with Crippen molar-refractivity contribution >= 4 is 0 Å². The predicted octanol–water partition coefficient (Wildman–Crippen LogP) is 6.09. The molecule has 0 bridgehead atoms. The maximum absolute atomic E-state index is 11.2. The van der Waals surface area contributed by atoms with E-state index in [4.69, 9.17) is 0 Å². The van der Waals surface area contributed by atoms with Crippen molar-refractivity contribution in [2.24, 2.45) is 5.92 Å². The van der Waals surface area contributed by atoms with Crippen molar-refractivity contribution in [3.05, 3.63) is 0 Å². The van der Waals surface area contributed by atoms with Crippen molar-refractivity contribution in [2.75, 3.05) is 0 Å². The van der Waals surface area contributed by atoms with Crippen molar-refractivity contribution in [2.45, 2.75) is 110 Å². The zero-order valence-corrected chi connectivity index (χ0v) is 14.0. The SMILES string of the molecule is CCCCC(CCCC)C(O)(CCCC)CCCC. The summed E-state index contributed by atoms with van der Waals surface area (Å²) in [6.45, 7) is 8.97. The maximum Gasteiger partial charge on any atom is 0.0675 e. The van der Waals surface area contributed by atoms with Crippen molar-refractivity contribution in [1.29, 1.82) is 0 Å². The molecule has 0 aromatic heterocycles. The summed E-state index contributed by atoms with van der Waals surface area (Å²) in [5, 5.41) is 11.2. The van der Waals surface area contributed by atoms with Crippen molar-refractivity contribution in [1.82, 2.24) is 0 Å². The van der Waals surface area contributed by atoms with Crippen LogP contribution in [0.25, 0.3) is 0 Å². The first kappa shape index (κ1) is 19.0. The molecule has 0 atom stereocenters. The number of unbranched alkanes of at least 4 members (excludes halogenated alkanes) is 4. The smallest absolute Gasteiger partial charge is 0.0675 e. The van der Waals surface area contributed by atoms with Gasteiger partial charge in [-0.25, -0.2) is 0 Å². The summed E-state index contributed by atoms with van der Waals surface area (Å²) < 4.78 is 0. The van der Waals surface area contributed by atoms with E-state index in [1.54, 1.807) is 0 Å². The van der Waals surface area contributed by atoms with Gasteiger partial charge < -0.3 is 5.11 Å². The molecular formula is C18H38O. The predicted molar refractivity (Wildman–Crippen MR) is 86.5 cm³/mol. The fraction of sp³-hybridized carbons (Fsp3) is 1.00. The molecule has 0 aliphatic heterocycles. The van der Waals surface area contributed by atoms with Crippen LogP contribution >= 0.6 is 0 Å². The number of rotatable bonds is 13. The minimum Gasteiger partial charge on any atom is -0.390 e. The van der Waals surface area contributed by atoms with E-state index in [-0.39, 0.29) is 5.60 Å². The van der Waals surface area contributed by atoms with Gasteiger partial charge in [-0.1, -0.05) is 79.1 Å². The Morgan fingerprint density at radius 2 is 1.05 bits per heavy atom. The molecule has 116 valence electrons. The molecule has 1 nitrogen and oxygen atoms in total. The van der Waals surface area contributed by atoms with Gasteiger partial charge in [-0.3, -0.25) is 0 Å². The van der Waals surface area contributed by atoms with Crippen LogP contribution in [-0.4, -0.2) is 10.7 Å². The Balaban J connectivity index is 4.64. The van der Waals surface area contributed by atoms with E-state index in [2.05, 4.69) is 27.7 Å². The van der Waals surface area contributed by atoms with Crippen LogP contribution in [0.5, 0.6) is 0 Å². The Labute approximate surface area is 122 Å². The van der Waals surface area contributed by atoms with Gasteiger partial charge in [-0.05, 0) is 31.6 Å². The lowest BCUT2D eigenvalue weighted by Gasteiger charge is -2.37. The molecule has 0 radical (unpaired) electrons. The first-order chi connectivity index (χ1) is 9.14. The first-order valence-electron chi connectivity index (χ1n) is 8.86. The summed E-state index contributed by atoms with van der Waals surface area (Å²) in [6.07, 6.45) is 14.3. The fourth-order valence-corrected chi connectivity index (χ4v) is 3.08. The second-order valence-electron chi connectivity index (χ2n) is 6.29. The van der Waals surface area contributed by atoms with Crippen LogP contribution in [0.3, 0.4) is 0 Å². The van der Waals surface area contributed by atoms with E-state index in [1.807, 2.05) is 0 Å². The third-order valence-electron chi connectivity index (χ3n) is 4.50. The largest absolute Gasteiger partial charge is 0.390 e. The third kappa shape index (κ3) is 7.97. The molecule has 0 aliphatic carbocycles. The number of aliphatic hydroxyl groups is 1. The number of hydrogen-bond acceptors (Lipinski definition) is 1. The average molecular weight is 271 g/mol. The Morgan fingerprint density at radius 3 is 1.37 bits per heavy atom. The molecule has 0 aliphatic rings. The number of hydrogen-bond donors (Lipinski definition) is 1. The van der Waals surface area contributed by atoms with Gasteiger partial charge in [0.15, 0.2) is 0 Å². The molecule has 0 saturated heterocycles. The summed E-state index contributed by atoms with van der Waals surface area (Å²) in [4.78, 5) is 0. The average Bonchev–Trinajstić information content (AvgIpc) is 2.43. The quantitative estimate of drug-likeness (QED) is 0.429. The highest BCUT2D eigenvalue weighted by molar-refractivity contribution is 4.86. The molecule has 1 N–H and O–H groups in total. The Kier molecular flexibility index (Phi) is 11.7. The lowest BCUT2D eigenvalue weighted by molar-refractivity contribution is -0.0448. The lowest BCUT2D eigenvalue weighted by Crippen LogP contribution is -2.38. The topological polar surface area (TPSA) is 20.2 Å². The summed E-state index contributed by atoms with van der Waals surface area (Å²) in [6, 6.07) is 0. The van der Waals surface area contributed by atoms with Crippen LogP contribution in [0.4, 0.5) is 0 Å². The molecule has 0 aromatic carbocycles. The van der Waals surface area contributed by atoms with Crippen LogP contribution in [0, 0.1) is 5.92 Å². The molecule has 1 heteroatoms. The minimum absolute atomic E-state index is 0.379. The highest BCUT2D eigenvalue weighted by atomic mass is 16.3. The van der Waals surface area contributed by atoms with Crippen LogP contribution < -0.4 is 0 Å². The van der Waals surface area contributed by atoms with E-state index in [0.29, 0.717) is 5.92 Å². The molecular weight excluding hydrogens is 232 g/mol. The summed E-state index contributed by atoms with van der Waals surface area (Å²) >= 11 is 0. The first-order valence-corrected chi connectivity index (χ1v) is 8.86. The minimum atomic E-state index is -0.379. The van der Waals surface area contributed by atoms with E-state index in [9.17, 15) is 5.11 Å². The fourth-order valence-electron chi connectivity index (χ4n) is 3.08. The zero-order chi connectivity index (χ0) is 14.6. The molecule has 0 spiro atoms. The normalized spacial score (nSPS) is 12.3. The van der Waals surface area contributed by atoms with Crippen LogP contribution in [0.1, 0.15) is 105 Å². The van der Waals surface area contributed by atoms with E-state index < -0.39 is 0 Å². The summed E-state index contributed by atoms with van der Waals surface area (Å²) in [5.41, 5.74) is -0.379. The molecule has 0 saturated carbocycles. The molecule has 0 aromatic rings. The second kappa shape index (κ2) is 11.8. The summed E-state index contributed by atoms with van der Waals surface area (Å²) in [5.74, 6) is 0.533. The van der Waals surface area contributed by atoms with E-state index >= 15 is 0 Å². The van der Waals surface area contributed by atoms with Gasteiger partial charge in [0.1, 0.15) is 0 Å². The Morgan fingerprint density at radius 1 is 0.684 bits per heavy atom. The van der Waals surface area contributed by atoms with Crippen LogP contribution in [0.2, 0.25) is 0 Å². The summed E-state index contributed by atoms with van der Waals surface area (Å²) in [7, 11) is 0. The van der Waals surface area contributed by atoms with E-state index in [0.717, 1.165) is 12.8 Å². The van der Waals surface area contributed by atoms with Gasteiger partial charge >= 0.3 is 0 Å². The molecule has 0 amide bonds. The molecule has 0 rings (SSSR count). The molecule has 19 heavy (non-hydrogen) atoms. The van der Waals surface area contributed by atoms with Crippen molar-refractivity contribution in [3.63, 3.8) is 0 Å². The molecule has 0 heterocycles. The van der Waals surface area contributed by atoms with Crippen LogP contribution in [0.15, 0.2) is 0 Å². The van der Waals surface area contributed by atoms with Gasteiger partial charge in [-0.15, -0.1) is 0 Å². The van der Waals surface area contributed by atoms with Crippen LogP contribution in [-0.2, 0) is 0 Å². The van der Waals surface area contributed by atoms with Gasteiger partial charge in [0.25, 0.3) is 0 Å². The zero-order valence-electron chi connectivity index (χ0n) is 14.0. The third-order valence-corrected chi connectivity index (χ3v) is 4.50. The Bertz CT molecular complexity index is 172. The van der Waals surface area contributed by atoms with Gasteiger partial charge in [-0.2, -0.15) is 0 Å². The van der Waals surface area contributed by atoms with Gasteiger partial charge in [0.2, 0.25) is 0 Å². The highest BCUT2D eigenvalue weighted by Crippen LogP contribution is 2.36. The maximum atomic E-state index is 11.2. The van der Waals surface area contributed by atoms with Crippen molar-refractivity contribution < 1.29 is 5.11 Å². The van der Waals surface area contributed by atoms with Gasteiger partial charge in [0, 0.05) is 0 Å². The van der Waals surface area contributed by atoms with Gasteiger partial charge in [0.05, 0.1) is 5.60 Å². The monoisotopic (exact) mass is 270 g/mol. The molecule has 0 fully saturated rings. The standard InChI is InChI=1S/C18H38O/c1-5-9-13-17(14-10-6-2)18(19,15-11-7-3)16-12-8-4/h17,19H,5-16H2,1-4H3.